The fourth-order valence-electron chi connectivity index (χ4n) is 3.40. The highest BCUT2D eigenvalue weighted by Crippen LogP contribution is 2.27. The minimum absolute atomic E-state index is 0.768. The minimum atomic E-state index is 0.768. The highest BCUT2D eigenvalue weighted by molar-refractivity contribution is 5.48. The van der Waals surface area contributed by atoms with Gasteiger partial charge in [-0.2, -0.15) is 0 Å². The first-order chi connectivity index (χ1) is 9.86. The molecule has 2 heteroatoms. The molecule has 110 valence electrons. The molecule has 0 heterocycles. The Balaban J connectivity index is 1.61. The van der Waals surface area contributed by atoms with Gasteiger partial charge >= 0.3 is 0 Å². The van der Waals surface area contributed by atoms with Gasteiger partial charge in [-0.15, -0.1) is 0 Å². The molecule has 0 unspecified atom stereocenters. The SMILES string of the molecule is CCN(c1ccc(CNC2CC2)cc1)C1CCCCC1. The first kappa shape index (κ1) is 13.9. The number of hydrogen-bond donors (Lipinski definition) is 1. The summed E-state index contributed by atoms with van der Waals surface area (Å²) in [6.45, 7) is 4.45. The van der Waals surface area contributed by atoms with Crippen LogP contribution in [0.2, 0.25) is 0 Å². The van der Waals surface area contributed by atoms with Gasteiger partial charge in [-0.3, -0.25) is 0 Å². The summed E-state index contributed by atoms with van der Waals surface area (Å²) in [6.07, 6.45) is 9.72. The van der Waals surface area contributed by atoms with E-state index in [9.17, 15) is 0 Å². The molecule has 0 atom stereocenters. The third-order valence-corrected chi connectivity index (χ3v) is 4.80. The molecule has 2 aliphatic carbocycles. The van der Waals surface area contributed by atoms with Crippen LogP contribution in [0.25, 0.3) is 0 Å². The Morgan fingerprint density at radius 3 is 2.30 bits per heavy atom. The summed E-state index contributed by atoms with van der Waals surface area (Å²) < 4.78 is 0. The van der Waals surface area contributed by atoms with Gasteiger partial charge in [0.05, 0.1) is 0 Å². The van der Waals surface area contributed by atoms with Crippen LogP contribution < -0.4 is 10.2 Å². The largest absolute Gasteiger partial charge is 0.369 e. The van der Waals surface area contributed by atoms with Gasteiger partial charge in [0.1, 0.15) is 0 Å². The van der Waals surface area contributed by atoms with Crippen molar-refractivity contribution in [2.24, 2.45) is 0 Å². The normalized spacial score (nSPS) is 20.1. The van der Waals surface area contributed by atoms with Crippen molar-refractivity contribution in [3.8, 4) is 0 Å². The van der Waals surface area contributed by atoms with Gasteiger partial charge in [-0.1, -0.05) is 31.4 Å². The van der Waals surface area contributed by atoms with E-state index in [1.54, 1.807) is 0 Å². The Morgan fingerprint density at radius 1 is 1.00 bits per heavy atom. The van der Waals surface area contributed by atoms with Crippen molar-refractivity contribution < 1.29 is 0 Å². The van der Waals surface area contributed by atoms with Gasteiger partial charge < -0.3 is 10.2 Å². The summed E-state index contributed by atoms with van der Waals surface area (Å²) in [5, 5.41) is 3.59. The minimum Gasteiger partial charge on any atom is -0.369 e. The van der Waals surface area contributed by atoms with Crippen LogP contribution in [0.3, 0.4) is 0 Å². The Labute approximate surface area is 123 Å². The predicted octanol–water partition coefficient (Wildman–Crippen LogP) is 4.10. The average Bonchev–Trinajstić information content (AvgIpc) is 3.33. The first-order valence-corrected chi connectivity index (χ1v) is 8.46. The molecule has 1 N–H and O–H groups in total. The van der Waals surface area contributed by atoms with Crippen LogP contribution in [0.4, 0.5) is 5.69 Å². The van der Waals surface area contributed by atoms with Crippen molar-refractivity contribution in [1.82, 2.24) is 5.32 Å². The maximum absolute atomic E-state index is 3.59. The molecule has 2 nitrogen and oxygen atoms in total. The molecule has 0 spiro atoms. The zero-order valence-electron chi connectivity index (χ0n) is 12.8. The van der Waals surface area contributed by atoms with E-state index in [-0.39, 0.29) is 0 Å². The van der Waals surface area contributed by atoms with Gasteiger partial charge in [0, 0.05) is 30.9 Å². The maximum Gasteiger partial charge on any atom is 0.0368 e. The number of rotatable bonds is 6. The molecule has 2 aliphatic rings. The molecule has 0 saturated heterocycles. The van der Waals surface area contributed by atoms with Gasteiger partial charge in [0.15, 0.2) is 0 Å². The molecular weight excluding hydrogens is 244 g/mol. The van der Waals surface area contributed by atoms with Crippen LogP contribution in [0, 0.1) is 0 Å². The lowest BCUT2D eigenvalue weighted by molar-refractivity contribution is 0.418. The fourth-order valence-corrected chi connectivity index (χ4v) is 3.40. The first-order valence-electron chi connectivity index (χ1n) is 8.46. The number of anilines is 1. The van der Waals surface area contributed by atoms with Crippen LogP contribution in [0.15, 0.2) is 24.3 Å². The van der Waals surface area contributed by atoms with Crippen LogP contribution in [0.5, 0.6) is 0 Å². The third kappa shape index (κ3) is 3.54. The van der Waals surface area contributed by atoms with Crippen LogP contribution >= 0.6 is 0 Å². The summed E-state index contributed by atoms with van der Waals surface area (Å²) in [5.74, 6) is 0. The summed E-state index contributed by atoms with van der Waals surface area (Å²) in [7, 11) is 0. The molecule has 2 fully saturated rings. The number of nitrogens with one attached hydrogen (secondary N) is 1. The van der Waals surface area contributed by atoms with E-state index in [4.69, 9.17) is 0 Å². The van der Waals surface area contributed by atoms with E-state index in [1.165, 1.54) is 56.2 Å². The molecule has 1 aromatic rings. The summed E-state index contributed by atoms with van der Waals surface area (Å²) in [5.41, 5.74) is 2.83. The second-order valence-electron chi connectivity index (χ2n) is 6.40. The number of nitrogens with zero attached hydrogens (tertiary/aromatic N) is 1. The fraction of sp³-hybridized carbons (Fsp3) is 0.667. The van der Waals surface area contributed by atoms with E-state index in [1.807, 2.05) is 0 Å². The van der Waals surface area contributed by atoms with E-state index < -0.39 is 0 Å². The van der Waals surface area contributed by atoms with Crippen molar-refractivity contribution in [3.63, 3.8) is 0 Å². The summed E-state index contributed by atoms with van der Waals surface area (Å²) in [6, 6.07) is 10.8. The zero-order chi connectivity index (χ0) is 13.8. The maximum atomic E-state index is 3.59. The van der Waals surface area contributed by atoms with Crippen molar-refractivity contribution >= 4 is 5.69 Å². The third-order valence-electron chi connectivity index (χ3n) is 4.80. The number of benzene rings is 1. The summed E-state index contributed by atoms with van der Waals surface area (Å²) in [4.78, 5) is 2.61. The van der Waals surface area contributed by atoms with Gasteiger partial charge in [-0.05, 0) is 50.3 Å². The molecule has 1 aromatic carbocycles. The molecule has 2 saturated carbocycles. The van der Waals surface area contributed by atoms with Crippen molar-refractivity contribution in [1.29, 1.82) is 0 Å². The Hall–Kier alpha value is -1.02. The highest BCUT2D eigenvalue weighted by Gasteiger charge is 2.21. The van der Waals surface area contributed by atoms with Crippen molar-refractivity contribution in [2.75, 3.05) is 11.4 Å². The average molecular weight is 272 g/mol. The highest BCUT2D eigenvalue weighted by atomic mass is 15.2. The van der Waals surface area contributed by atoms with Crippen molar-refractivity contribution in [3.05, 3.63) is 29.8 Å². The van der Waals surface area contributed by atoms with Gasteiger partial charge in [0.25, 0.3) is 0 Å². The lowest BCUT2D eigenvalue weighted by atomic mass is 9.93. The van der Waals surface area contributed by atoms with E-state index >= 15 is 0 Å². The topological polar surface area (TPSA) is 15.3 Å². The predicted molar refractivity (Wildman–Crippen MR) is 86.2 cm³/mol. The van der Waals surface area contributed by atoms with Crippen molar-refractivity contribution in [2.45, 2.75) is 70.5 Å². The quantitative estimate of drug-likeness (QED) is 0.839. The monoisotopic (exact) mass is 272 g/mol. The smallest absolute Gasteiger partial charge is 0.0368 e. The molecule has 0 aliphatic heterocycles. The number of hydrogen-bond acceptors (Lipinski definition) is 2. The second kappa shape index (κ2) is 6.62. The molecule has 0 amide bonds. The van der Waals surface area contributed by atoms with Crippen LogP contribution in [-0.2, 0) is 6.54 Å². The van der Waals surface area contributed by atoms with E-state index in [0.29, 0.717) is 0 Å². The molecule has 0 aromatic heterocycles. The van der Waals surface area contributed by atoms with Gasteiger partial charge in [-0.25, -0.2) is 0 Å². The molecule has 20 heavy (non-hydrogen) atoms. The van der Waals surface area contributed by atoms with E-state index in [0.717, 1.165) is 25.2 Å². The molecule has 3 rings (SSSR count). The van der Waals surface area contributed by atoms with Gasteiger partial charge in [0.2, 0.25) is 0 Å². The van der Waals surface area contributed by atoms with Crippen LogP contribution in [-0.4, -0.2) is 18.6 Å². The van der Waals surface area contributed by atoms with Crippen LogP contribution in [0.1, 0.15) is 57.4 Å². The molecular formula is C18H28N2. The second-order valence-corrected chi connectivity index (χ2v) is 6.40. The summed E-state index contributed by atoms with van der Waals surface area (Å²) >= 11 is 0. The zero-order valence-corrected chi connectivity index (χ0v) is 12.8. The lowest BCUT2D eigenvalue weighted by Crippen LogP contribution is -2.36. The molecule has 0 bridgehead atoms. The Kier molecular flexibility index (Phi) is 4.62. The standard InChI is InChI=1S/C18H28N2/c1-2-20(17-6-4-3-5-7-17)18-12-8-15(9-13-18)14-19-16-10-11-16/h8-9,12-13,16-17,19H,2-7,10-11,14H2,1H3. The lowest BCUT2D eigenvalue weighted by Gasteiger charge is -2.35. The molecule has 0 radical (unpaired) electrons. The Bertz CT molecular complexity index is 402. The van der Waals surface area contributed by atoms with E-state index in [2.05, 4.69) is 41.4 Å². The Morgan fingerprint density at radius 2 is 1.70 bits per heavy atom.